The summed E-state index contributed by atoms with van der Waals surface area (Å²) in [6.07, 6.45) is 13.8. The average molecular weight is 377 g/mol. The molecule has 0 radical (unpaired) electrons. The Balaban J connectivity index is 1.87. The van der Waals surface area contributed by atoms with E-state index >= 15 is 0 Å². The lowest BCUT2D eigenvalue weighted by atomic mass is 9.61. The maximum Gasteiger partial charge on any atom is 0.234 e. The first-order chi connectivity index (χ1) is 12.6. The summed E-state index contributed by atoms with van der Waals surface area (Å²) in [5, 5.41) is 6.93. The molecule has 4 nitrogen and oxygen atoms in total. The molecule has 0 atom stereocenters. The highest BCUT2D eigenvalue weighted by atomic mass is 16.2. The molecule has 3 fully saturated rings. The highest BCUT2D eigenvalue weighted by Crippen LogP contribution is 2.50. The lowest BCUT2D eigenvalue weighted by Crippen LogP contribution is -2.64. The number of carbonyl (C=O) groups excluding carboxylic acids is 2. The van der Waals surface area contributed by atoms with E-state index in [1.54, 1.807) is 0 Å². The van der Waals surface area contributed by atoms with Crippen LogP contribution in [-0.2, 0) is 9.59 Å². The van der Waals surface area contributed by atoms with Crippen molar-refractivity contribution in [3.8, 4) is 0 Å². The molecule has 3 aliphatic rings. The van der Waals surface area contributed by atoms with Crippen LogP contribution >= 0.6 is 0 Å². The van der Waals surface area contributed by atoms with Crippen molar-refractivity contribution in [2.75, 3.05) is 0 Å². The Morgan fingerprint density at radius 2 is 1.07 bits per heavy atom. The van der Waals surface area contributed by atoms with Gasteiger partial charge in [-0.05, 0) is 53.4 Å². The second-order valence-electron chi connectivity index (χ2n) is 10.9. The van der Waals surface area contributed by atoms with Crippen LogP contribution in [0, 0.1) is 5.41 Å². The fourth-order valence-corrected chi connectivity index (χ4v) is 6.42. The van der Waals surface area contributed by atoms with Crippen LogP contribution in [0.2, 0.25) is 0 Å². The van der Waals surface area contributed by atoms with E-state index < -0.39 is 11.0 Å². The van der Waals surface area contributed by atoms with Crippen LogP contribution in [0.4, 0.5) is 0 Å². The number of amides is 1. The van der Waals surface area contributed by atoms with Crippen molar-refractivity contribution in [1.82, 2.24) is 10.6 Å². The first-order valence-corrected chi connectivity index (χ1v) is 11.3. The van der Waals surface area contributed by atoms with Gasteiger partial charge >= 0.3 is 0 Å². The third kappa shape index (κ3) is 4.26. The number of carbonyl (C=O) groups is 2. The molecular weight excluding hydrogens is 336 g/mol. The molecule has 2 spiro atoms. The topological polar surface area (TPSA) is 58.2 Å². The summed E-state index contributed by atoms with van der Waals surface area (Å²) in [7, 11) is 0. The van der Waals surface area contributed by atoms with E-state index in [2.05, 4.69) is 38.3 Å². The zero-order chi connectivity index (χ0) is 19.8. The third-order valence-corrected chi connectivity index (χ3v) is 7.03. The van der Waals surface area contributed by atoms with E-state index in [1.165, 1.54) is 44.9 Å². The summed E-state index contributed by atoms with van der Waals surface area (Å²) < 4.78 is 0. The number of piperidine rings is 1. The van der Waals surface area contributed by atoms with Crippen LogP contribution < -0.4 is 10.6 Å². The maximum atomic E-state index is 14.0. The van der Waals surface area contributed by atoms with Gasteiger partial charge in [-0.2, -0.15) is 0 Å². The molecule has 0 unspecified atom stereocenters. The standard InChI is InChI=1S/C23H40N2O2/c1-20(2)16-22(17-21(3,4)25-20)18(26)23(24-19(22)27)14-12-10-8-6-5-7-9-11-13-15-23/h25H,5-17H2,1-4H3,(H,24,27). The summed E-state index contributed by atoms with van der Waals surface area (Å²) in [5.74, 6) is 0.210. The first kappa shape index (κ1) is 20.8. The normalized spacial score (nSPS) is 30.5. The average Bonchev–Trinajstić information content (AvgIpc) is 2.70. The zero-order valence-electron chi connectivity index (χ0n) is 18.0. The van der Waals surface area contributed by atoms with Crippen molar-refractivity contribution in [2.45, 2.75) is 128 Å². The highest BCUT2D eigenvalue weighted by Gasteiger charge is 2.65. The smallest absolute Gasteiger partial charge is 0.234 e. The molecule has 0 aromatic carbocycles. The molecule has 0 bridgehead atoms. The number of hydrogen-bond acceptors (Lipinski definition) is 3. The van der Waals surface area contributed by atoms with Crippen molar-refractivity contribution >= 4 is 11.7 Å². The second kappa shape index (κ2) is 7.50. The number of hydrogen-bond donors (Lipinski definition) is 2. The van der Waals surface area contributed by atoms with Crippen LogP contribution in [0.25, 0.3) is 0 Å². The molecule has 27 heavy (non-hydrogen) atoms. The van der Waals surface area contributed by atoms with Crippen LogP contribution in [0.3, 0.4) is 0 Å². The van der Waals surface area contributed by atoms with Crippen molar-refractivity contribution in [3.63, 3.8) is 0 Å². The molecule has 0 aromatic heterocycles. The van der Waals surface area contributed by atoms with E-state index in [0.717, 1.165) is 25.7 Å². The molecule has 0 aromatic rings. The molecule has 2 aliphatic heterocycles. The lowest BCUT2D eigenvalue weighted by Gasteiger charge is -2.50. The predicted molar refractivity (Wildman–Crippen MR) is 110 cm³/mol. The summed E-state index contributed by atoms with van der Waals surface area (Å²) in [6.45, 7) is 8.51. The van der Waals surface area contributed by atoms with Crippen LogP contribution in [0.5, 0.6) is 0 Å². The maximum absolute atomic E-state index is 14.0. The van der Waals surface area contributed by atoms with Gasteiger partial charge in [-0.15, -0.1) is 0 Å². The molecule has 154 valence electrons. The van der Waals surface area contributed by atoms with Gasteiger partial charge in [0.2, 0.25) is 5.91 Å². The van der Waals surface area contributed by atoms with E-state index in [0.29, 0.717) is 12.8 Å². The fraction of sp³-hybridized carbons (Fsp3) is 0.913. The summed E-state index contributed by atoms with van der Waals surface area (Å²) in [5.41, 5.74) is -1.90. The molecule has 2 saturated heterocycles. The quantitative estimate of drug-likeness (QED) is 0.605. The Morgan fingerprint density at radius 3 is 1.52 bits per heavy atom. The van der Waals surface area contributed by atoms with Crippen molar-refractivity contribution in [1.29, 1.82) is 0 Å². The number of nitrogens with one attached hydrogen (secondary N) is 2. The SMILES string of the molecule is CC1(C)CC2(CC(C)(C)N1)C(=O)NC1(CCCCCCCCCCC1)C2=O. The lowest BCUT2D eigenvalue weighted by molar-refractivity contribution is -0.143. The monoisotopic (exact) mass is 376 g/mol. The summed E-state index contributed by atoms with van der Waals surface area (Å²) in [6, 6.07) is 0. The van der Waals surface area contributed by atoms with Gasteiger partial charge in [0.05, 0.1) is 5.54 Å². The van der Waals surface area contributed by atoms with E-state index in [1.807, 2.05) is 0 Å². The Kier molecular flexibility index (Phi) is 5.78. The van der Waals surface area contributed by atoms with Crippen molar-refractivity contribution in [3.05, 3.63) is 0 Å². The minimum atomic E-state index is -0.852. The van der Waals surface area contributed by atoms with Gasteiger partial charge in [0.1, 0.15) is 5.41 Å². The molecule has 1 saturated carbocycles. The third-order valence-electron chi connectivity index (χ3n) is 7.03. The second-order valence-corrected chi connectivity index (χ2v) is 10.9. The van der Waals surface area contributed by atoms with Gasteiger partial charge < -0.3 is 10.6 Å². The molecule has 1 amide bonds. The van der Waals surface area contributed by atoms with Crippen molar-refractivity contribution < 1.29 is 9.59 Å². The minimum Gasteiger partial charge on any atom is -0.343 e. The van der Waals surface area contributed by atoms with Gasteiger partial charge in [-0.1, -0.05) is 57.8 Å². The number of Topliss-reactive ketones (excluding diaryl/α,β-unsaturated/α-hetero) is 1. The van der Waals surface area contributed by atoms with E-state index in [4.69, 9.17) is 0 Å². The summed E-state index contributed by atoms with van der Waals surface area (Å²) >= 11 is 0. The molecule has 2 N–H and O–H groups in total. The Bertz CT molecular complexity index is 551. The molecular formula is C23H40N2O2. The highest BCUT2D eigenvalue weighted by molar-refractivity contribution is 6.17. The zero-order valence-corrected chi connectivity index (χ0v) is 18.0. The Hall–Kier alpha value is -0.900. The molecule has 1 aliphatic carbocycles. The van der Waals surface area contributed by atoms with Crippen LogP contribution in [-0.4, -0.2) is 28.3 Å². The van der Waals surface area contributed by atoms with E-state index in [-0.39, 0.29) is 22.8 Å². The van der Waals surface area contributed by atoms with Gasteiger partial charge in [0, 0.05) is 11.1 Å². The van der Waals surface area contributed by atoms with Gasteiger partial charge in [-0.25, -0.2) is 0 Å². The molecule has 3 rings (SSSR count). The fourth-order valence-electron chi connectivity index (χ4n) is 6.42. The largest absolute Gasteiger partial charge is 0.343 e. The van der Waals surface area contributed by atoms with Crippen LogP contribution in [0.15, 0.2) is 0 Å². The van der Waals surface area contributed by atoms with Gasteiger partial charge in [-0.3, -0.25) is 9.59 Å². The molecule has 2 heterocycles. The Morgan fingerprint density at radius 1 is 0.667 bits per heavy atom. The van der Waals surface area contributed by atoms with Gasteiger partial charge in [0.15, 0.2) is 5.78 Å². The molecule has 4 heteroatoms. The predicted octanol–water partition coefficient (Wildman–Crippen LogP) is 4.66. The van der Waals surface area contributed by atoms with E-state index in [9.17, 15) is 9.59 Å². The number of ketones is 1. The number of rotatable bonds is 0. The first-order valence-electron chi connectivity index (χ1n) is 11.3. The van der Waals surface area contributed by atoms with Crippen molar-refractivity contribution in [2.24, 2.45) is 5.41 Å². The van der Waals surface area contributed by atoms with Gasteiger partial charge in [0.25, 0.3) is 0 Å². The summed E-state index contributed by atoms with van der Waals surface area (Å²) in [4.78, 5) is 27.3. The van der Waals surface area contributed by atoms with Crippen LogP contribution in [0.1, 0.15) is 111 Å². The minimum absolute atomic E-state index is 0.00208. The Labute approximate surface area is 165 Å².